The Morgan fingerprint density at radius 3 is 2.56 bits per heavy atom. The number of aromatic nitrogens is 1. The van der Waals surface area contributed by atoms with E-state index in [0.29, 0.717) is 23.1 Å². The van der Waals surface area contributed by atoms with Gasteiger partial charge in [0.15, 0.2) is 17.2 Å². The monoisotopic (exact) mass is 237 g/mol. The van der Waals surface area contributed by atoms with Gasteiger partial charge < -0.3 is 8.83 Å². The number of nitrogens with zero attached hydrogens (tertiary/aromatic N) is 1. The first kappa shape index (κ1) is 10.6. The van der Waals surface area contributed by atoms with E-state index >= 15 is 0 Å². The predicted molar refractivity (Wildman–Crippen MR) is 69.7 cm³/mol. The first-order valence-electron chi connectivity index (χ1n) is 5.61. The molecule has 0 fully saturated rings. The smallest absolute Gasteiger partial charge is 0.227 e. The van der Waals surface area contributed by atoms with E-state index in [2.05, 4.69) is 11.6 Å². The van der Waals surface area contributed by atoms with Crippen LogP contribution in [0.4, 0.5) is 0 Å². The summed E-state index contributed by atoms with van der Waals surface area (Å²) in [4.78, 5) is 4.46. The van der Waals surface area contributed by atoms with Gasteiger partial charge in [0.1, 0.15) is 0 Å². The van der Waals surface area contributed by atoms with Crippen molar-refractivity contribution in [3.63, 3.8) is 0 Å². The molecule has 3 heteroatoms. The fourth-order valence-corrected chi connectivity index (χ4v) is 1.76. The first-order chi connectivity index (χ1) is 8.88. The SMILES string of the molecule is C=Cc1oc(-c2ccccc2)nc1-c1ccco1. The molecule has 0 unspecified atom stereocenters. The Morgan fingerprint density at radius 1 is 1.06 bits per heavy atom. The highest BCUT2D eigenvalue weighted by Gasteiger charge is 2.15. The van der Waals surface area contributed by atoms with Crippen molar-refractivity contribution in [2.75, 3.05) is 0 Å². The number of benzene rings is 1. The summed E-state index contributed by atoms with van der Waals surface area (Å²) in [6.07, 6.45) is 3.25. The van der Waals surface area contributed by atoms with Crippen LogP contribution in [0.2, 0.25) is 0 Å². The first-order valence-corrected chi connectivity index (χ1v) is 5.61. The lowest BCUT2D eigenvalue weighted by atomic mass is 10.2. The normalized spacial score (nSPS) is 10.4. The van der Waals surface area contributed by atoms with Crippen molar-refractivity contribution in [1.29, 1.82) is 0 Å². The zero-order valence-electron chi connectivity index (χ0n) is 9.67. The molecule has 2 aromatic heterocycles. The fourth-order valence-electron chi connectivity index (χ4n) is 1.76. The molecule has 88 valence electrons. The van der Waals surface area contributed by atoms with Gasteiger partial charge in [0.25, 0.3) is 0 Å². The van der Waals surface area contributed by atoms with Crippen LogP contribution >= 0.6 is 0 Å². The van der Waals surface area contributed by atoms with Crippen LogP contribution in [0, 0.1) is 0 Å². The van der Waals surface area contributed by atoms with Crippen LogP contribution in [0.15, 0.2) is 64.1 Å². The molecule has 0 spiro atoms. The van der Waals surface area contributed by atoms with Crippen LogP contribution in [0.25, 0.3) is 29.0 Å². The van der Waals surface area contributed by atoms with E-state index in [1.807, 2.05) is 42.5 Å². The molecule has 3 nitrogen and oxygen atoms in total. The van der Waals surface area contributed by atoms with Crippen LogP contribution in [0.1, 0.15) is 5.76 Å². The summed E-state index contributed by atoms with van der Waals surface area (Å²) in [7, 11) is 0. The molecule has 0 aliphatic heterocycles. The third kappa shape index (κ3) is 1.76. The van der Waals surface area contributed by atoms with E-state index in [1.165, 1.54) is 0 Å². The number of furan rings is 1. The van der Waals surface area contributed by atoms with Crippen LogP contribution in [0.5, 0.6) is 0 Å². The highest BCUT2D eigenvalue weighted by atomic mass is 16.4. The molecule has 3 rings (SSSR count). The second-order valence-corrected chi connectivity index (χ2v) is 3.78. The molecule has 1 aromatic carbocycles. The van der Waals surface area contributed by atoms with Crippen molar-refractivity contribution in [3.05, 3.63) is 61.1 Å². The fraction of sp³-hybridized carbons (Fsp3) is 0. The third-order valence-corrected chi connectivity index (χ3v) is 2.61. The number of oxazole rings is 1. The van der Waals surface area contributed by atoms with Crippen molar-refractivity contribution in [3.8, 4) is 22.9 Å². The minimum Gasteiger partial charge on any atom is -0.463 e. The average Bonchev–Trinajstić information content (AvgIpc) is 3.08. The van der Waals surface area contributed by atoms with Crippen molar-refractivity contribution in [1.82, 2.24) is 4.98 Å². The Balaban J connectivity index is 2.12. The maximum absolute atomic E-state index is 5.68. The quantitative estimate of drug-likeness (QED) is 0.683. The number of hydrogen-bond acceptors (Lipinski definition) is 3. The standard InChI is InChI=1S/C15H11NO2/c1-2-12-14(13-9-6-10-17-13)16-15(18-12)11-7-4-3-5-8-11/h2-10H,1H2. The predicted octanol–water partition coefficient (Wildman–Crippen LogP) is 4.24. The van der Waals surface area contributed by atoms with Gasteiger partial charge in [-0.05, 0) is 30.3 Å². The van der Waals surface area contributed by atoms with Gasteiger partial charge in [-0.3, -0.25) is 0 Å². The van der Waals surface area contributed by atoms with Crippen molar-refractivity contribution in [2.45, 2.75) is 0 Å². The van der Waals surface area contributed by atoms with Gasteiger partial charge in [0.2, 0.25) is 5.89 Å². The third-order valence-electron chi connectivity index (χ3n) is 2.61. The molecule has 0 bridgehead atoms. The molecule has 0 atom stereocenters. The molecule has 3 aromatic rings. The lowest BCUT2D eigenvalue weighted by Gasteiger charge is -1.92. The second-order valence-electron chi connectivity index (χ2n) is 3.78. The maximum atomic E-state index is 5.68. The van der Waals surface area contributed by atoms with E-state index in [4.69, 9.17) is 8.83 Å². The summed E-state index contributed by atoms with van der Waals surface area (Å²) >= 11 is 0. The summed E-state index contributed by atoms with van der Waals surface area (Å²) in [5.41, 5.74) is 1.60. The molecule has 0 saturated carbocycles. The van der Waals surface area contributed by atoms with Gasteiger partial charge in [-0.2, -0.15) is 0 Å². The van der Waals surface area contributed by atoms with E-state index in [-0.39, 0.29) is 0 Å². The minimum atomic E-state index is 0.567. The average molecular weight is 237 g/mol. The van der Waals surface area contributed by atoms with E-state index in [0.717, 1.165) is 5.56 Å². The number of rotatable bonds is 3. The zero-order chi connectivity index (χ0) is 12.4. The Hall–Kier alpha value is -2.55. The van der Waals surface area contributed by atoms with Crippen LogP contribution in [-0.2, 0) is 0 Å². The summed E-state index contributed by atoms with van der Waals surface area (Å²) in [5, 5.41) is 0. The lowest BCUT2D eigenvalue weighted by molar-refractivity contribution is 0.560. The van der Waals surface area contributed by atoms with Crippen LogP contribution < -0.4 is 0 Å². The molecule has 0 N–H and O–H groups in total. The molecule has 0 saturated heterocycles. The summed E-state index contributed by atoms with van der Waals surface area (Å²) in [6.45, 7) is 3.73. The van der Waals surface area contributed by atoms with Crippen molar-refractivity contribution < 1.29 is 8.83 Å². The molecule has 2 heterocycles. The number of hydrogen-bond donors (Lipinski definition) is 0. The second kappa shape index (κ2) is 4.37. The Kier molecular flexibility index (Phi) is 2.57. The van der Waals surface area contributed by atoms with Gasteiger partial charge in [-0.15, -0.1) is 0 Å². The lowest BCUT2D eigenvalue weighted by Crippen LogP contribution is -1.78. The summed E-state index contributed by atoms with van der Waals surface area (Å²) < 4.78 is 11.0. The van der Waals surface area contributed by atoms with Gasteiger partial charge in [-0.25, -0.2) is 4.98 Å². The molecule has 0 aliphatic rings. The Morgan fingerprint density at radius 2 is 1.89 bits per heavy atom. The van der Waals surface area contributed by atoms with Gasteiger partial charge in [-0.1, -0.05) is 24.8 Å². The molecular formula is C15H11NO2. The summed E-state index contributed by atoms with van der Waals surface area (Å²) in [6, 6.07) is 13.4. The highest BCUT2D eigenvalue weighted by Crippen LogP contribution is 2.29. The maximum Gasteiger partial charge on any atom is 0.227 e. The van der Waals surface area contributed by atoms with E-state index < -0.39 is 0 Å². The molecule has 18 heavy (non-hydrogen) atoms. The molecule has 0 amide bonds. The van der Waals surface area contributed by atoms with Crippen LogP contribution in [-0.4, -0.2) is 4.98 Å². The van der Waals surface area contributed by atoms with Crippen LogP contribution in [0.3, 0.4) is 0 Å². The van der Waals surface area contributed by atoms with Crippen molar-refractivity contribution in [2.24, 2.45) is 0 Å². The zero-order valence-corrected chi connectivity index (χ0v) is 9.67. The van der Waals surface area contributed by atoms with Crippen molar-refractivity contribution >= 4 is 6.08 Å². The van der Waals surface area contributed by atoms with Gasteiger partial charge >= 0.3 is 0 Å². The Bertz CT molecular complexity index is 651. The summed E-state index contributed by atoms with van der Waals surface area (Å²) in [5.74, 6) is 1.86. The Labute approximate surface area is 104 Å². The molecule has 0 radical (unpaired) electrons. The largest absolute Gasteiger partial charge is 0.463 e. The minimum absolute atomic E-state index is 0.567. The van der Waals surface area contributed by atoms with Gasteiger partial charge in [0.05, 0.1) is 6.26 Å². The molecule has 0 aliphatic carbocycles. The van der Waals surface area contributed by atoms with E-state index in [9.17, 15) is 0 Å². The van der Waals surface area contributed by atoms with E-state index in [1.54, 1.807) is 12.3 Å². The molecular weight excluding hydrogens is 226 g/mol. The van der Waals surface area contributed by atoms with Gasteiger partial charge in [0, 0.05) is 5.56 Å². The topological polar surface area (TPSA) is 39.2 Å². The highest BCUT2D eigenvalue weighted by molar-refractivity contribution is 5.68.